The summed E-state index contributed by atoms with van der Waals surface area (Å²) in [5.41, 5.74) is 3.05. The van der Waals surface area contributed by atoms with Gasteiger partial charge in [0.15, 0.2) is 0 Å². The fraction of sp³-hybridized carbons (Fsp3) is 0.0667. The summed E-state index contributed by atoms with van der Waals surface area (Å²) in [4.78, 5) is 10.2. The van der Waals surface area contributed by atoms with Crippen molar-refractivity contribution in [2.45, 2.75) is 6.61 Å². The molecule has 110 valence electrons. The number of aliphatic hydroxyl groups excluding tert-OH is 1. The molecular weight excluding hydrogens is 284 g/mol. The lowest BCUT2D eigenvalue weighted by molar-refractivity contribution is -0.384. The molecule has 0 bridgehead atoms. The van der Waals surface area contributed by atoms with E-state index < -0.39 is 4.92 Å². The van der Waals surface area contributed by atoms with Crippen LogP contribution in [0.25, 0.3) is 16.9 Å². The van der Waals surface area contributed by atoms with Crippen molar-refractivity contribution in [3.05, 3.63) is 70.4 Å². The Labute approximate surface area is 125 Å². The minimum atomic E-state index is -0.441. The fourth-order valence-corrected chi connectivity index (χ4v) is 2.03. The highest BCUT2D eigenvalue weighted by molar-refractivity contribution is 5.60. The minimum Gasteiger partial charge on any atom is -0.392 e. The predicted octanol–water partition coefficient (Wildman–Crippen LogP) is 2.33. The van der Waals surface area contributed by atoms with E-state index in [2.05, 4.69) is 10.3 Å². The first-order valence-electron chi connectivity index (χ1n) is 6.55. The zero-order valence-corrected chi connectivity index (χ0v) is 11.5. The minimum absolute atomic E-state index is 0.00825. The Morgan fingerprint density at radius 1 is 1.09 bits per heavy atom. The summed E-state index contributed by atoms with van der Waals surface area (Å²) < 4.78 is 1.61. The van der Waals surface area contributed by atoms with Crippen LogP contribution in [0.2, 0.25) is 0 Å². The Bertz CT molecular complexity index is 794. The molecule has 7 heteroatoms. The highest BCUT2D eigenvalue weighted by Gasteiger charge is 2.08. The molecule has 0 atom stereocenters. The van der Waals surface area contributed by atoms with E-state index in [4.69, 9.17) is 5.11 Å². The Morgan fingerprint density at radius 2 is 1.77 bits per heavy atom. The van der Waals surface area contributed by atoms with Crippen molar-refractivity contribution in [1.29, 1.82) is 0 Å². The first-order chi connectivity index (χ1) is 10.7. The second-order valence-corrected chi connectivity index (χ2v) is 4.68. The lowest BCUT2D eigenvalue weighted by Crippen LogP contribution is -1.95. The van der Waals surface area contributed by atoms with Gasteiger partial charge in [-0.2, -0.15) is 0 Å². The number of nitro benzene ring substituents is 1. The molecule has 0 fully saturated rings. The van der Waals surface area contributed by atoms with Crippen molar-refractivity contribution < 1.29 is 10.0 Å². The van der Waals surface area contributed by atoms with Crippen LogP contribution in [0, 0.1) is 10.1 Å². The van der Waals surface area contributed by atoms with Gasteiger partial charge in [-0.05, 0) is 29.8 Å². The normalized spacial score (nSPS) is 10.6. The Balaban J connectivity index is 1.87. The van der Waals surface area contributed by atoms with Crippen LogP contribution in [0.15, 0.2) is 54.7 Å². The van der Waals surface area contributed by atoms with Crippen LogP contribution in [-0.4, -0.2) is 25.0 Å². The van der Waals surface area contributed by atoms with Crippen LogP contribution in [0.4, 0.5) is 5.69 Å². The predicted molar refractivity (Wildman–Crippen MR) is 79.4 cm³/mol. The Kier molecular flexibility index (Phi) is 3.63. The maximum absolute atomic E-state index is 10.6. The van der Waals surface area contributed by atoms with E-state index >= 15 is 0 Å². The van der Waals surface area contributed by atoms with Gasteiger partial charge in [-0.15, -0.1) is 5.10 Å². The molecule has 0 saturated heterocycles. The standard InChI is InChI=1S/C15H12N4O3/c20-10-11-1-5-13(6-2-11)18-9-15(16-17-18)12-3-7-14(8-4-12)19(21)22/h1-9,20H,10H2. The summed E-state index contributed by atoms with van der Waals surface area (Å²) in [6, 6.07) is 13.4. The lowest BCUT2D eigenvalue weighted by Gasteiger charge is -2.01. The zero-order chi connectivity index (χ0) is 15.5. The van der Waals surface area contributed by atoms with Gasteiger partial charge >= 0.3 is 0 Å². The van der Waals surface area contributed by atoms with Crippen LogP contribution in [0.1, 0.15) is 5.56 Å². The van der Waals surface area contributed by atoms with Gasteiger partial charge in [-0.3, -0.25) is 10.1 Å². The molecule has 0 spiro atoms. The number of nitrogens with zero attached hydrogens (tertiary/aromatic N) is 4. The zero-order valence-electron chi connectivity index (χ0n) is 11.5. The third-order valence-electron chi connectivity index (χ3n) is 3.25. The highest BCUT2D eigenvalue weighted by Crippen LogP contribution is 2.21. The van der Waals surface area contributed by atoms with Crippen molar-refractivity contribution in [1.82, 2.24) is 15.0 Å². The average molecular weight is 296 g/mol. The summed E-state index contributed by atoms with van der Waals surface area (Å²) in [6.07, 6.45) is 1.75. The van der Waals surface area contributed by atoms with Gasteiger partial charge in [0, 0.05) is 17.7 Å². The van der Waals surface area contributed by atoms with E-state index in [1.54, 1.807) is 23.0 Å². The number of hydrogen-bond acceptors (Lipinski definition) is 5. The molecule has 0 saturated carbocycles. The molecule has 1 heterocycles. The fourth-order valence-electron chi connectivity index (χ4n) is 2.03. The monoisotopic (exact) mass is 296 g/mol. The van der Waals surface area contributed by atoms with Crippen molar-refractivity contribution in [2.24, 2.45) is 0 Å². The summed E-state index contributed by atoms with van der Waals surface area (Å²) in [6.45, 7) is -0.00825. The Morgan fingerprint density at radius 3 is 2.36 bits per heavy atom. The molecule has 0 radical (unpaired) electrons. The molecule has 0 aliphatic rings. The molecule has 3 rings (SSSR count). The molecule has 1 aromatic heterocycles. The van der Waals surface area contributed by atoms with E-state index in [0.717, 1.165) is 16.8 Å². The number of rotatable bonds is 4. The van der Waals surface area contributed by atoms with Gasteiger partial charge in [-0.25, -0.2) is 4.68 Å². The Hall–Kier alpha value is -3.06. The second-order valence-electron chi connectivity index (χ2n) is 4.68. The van der Waals surface area contributed by atoms with Crippen LogP contribution in [-0.2, 0) is 6.61 Å². The van der Waals surface area contributed by atoms with Crippen LogP contribution < -0.4 is 0 Å². The smallest absolute Gasteiger partial charge is 0.269 e. The van der Waals surface area contributed by atoms with Gasteiger partial charge in [0.1, 0.15) is 5.69 Å². The molecule has 2 aromatic carbocycles. The number of non-ortho nitro benzene ring substituents is 1. The summed E-state index contributed by atoms with van der Waals surface area (Å²) >= 11 is 0. The molecule has 22 heavy (non-hydrogen) atoms. The van der Waals surface area contributed by atoms with Crippen LogP contribution in [0.3, 0.4) is 0 Å². The van der Waals surface area contributed by atoms with Gasteiger partial charge in [0.25, 0.3) is 5.69 Å². The molecule has 7 nitrogen and oxygen atoms in total. The van der Waals surface area contributed by atoms with E-state index in [1.165, 1.54) is 12.1 Å². The van der Waals surface area contributed by atoms with Crippen molar-refractivity contribution in [2.75, 3.05) is 0 Å². The van der Waals surface area contributed by atoms with Crippen molar-refractivity contribution in [3.63, 3.8) is 0 Å². The average Bonchev–Trinajstić information content (AvgIpc) is 3.05. The maximum Gasteiger partial charge on any atom is 0.269 e. The molecule has 3 aromatic rings. The number of nitro groups is 1. The molecular formula is C15H12N4O3. The number of hydrogen-bond donors (Lipinski definition) is 1. The number of aromatic nitrogens is 3. The third kappa shape index (κ3) is 2.70. The largest absolute Gasteiger partial charge is 0.392 e. The van der Waals surface area contributed by atoms with E-state index in [1.807, 2.05) is 24.3 Å². The van der Waals surface area contributed by atoms with Gasteiger partial charge < -0.3 is 5.11 Å². The lowest BCUT2D eigenvalue weighted by atomic mass is 10.1. The topological polar surface area (TPSA) is 94.1 Å². The summed E-state index contributed by atoms with van der Waals surface area (Å²) in [5.74, 6) is 0. The quantitative estimate of drug-likeness (QED) is 0.589. The summed E-state index contributed by atoms with van der Waals surface area (Å²) in [7, 11) is 0. The highest BCUT2D eigenvalue weighted by atomic mass is 16.6. The van der Waals surface area contributed by atoms with Crippen molar-refractivity contribution in [3.8, 4) is 16.9 Å². The number of benzene rings is 2. The first kappa shape index (κ1) is 13.9. The van der Waals surface area contributed by atoms with Gasteiger partial charge in [0.2, 0.25) is 0 Å². The molecule has 0 aliphatic carbocycles. The van der Waals surface area contributed by atoms with Crippen LogP contribution in [0.5, 0.6) is 0 Å². The first-order valence-corrected chi connectivity index (χ1v) is 6.55. The second kappa shape index (κ2) is 5.74. The maximum atomic E-state index is 10.6. The molecule has 1 N–H and O–H groups in total. The van der Waals surface area contributed by atoms with E-state index in [9.17, 15) is 10.1 Å². The molecule has 0 aliphatic heterocycles. The van der Waals surface area contributed by atoms with Gasteiger partial charge in [0.05, 0.1) is 23.4 Å². The third-order valence-corrected chi connectivity index (χ3v) is 3.25. The SMILES string of the molecule is O=[N+]([O-])c1ccc(-c2cn(-c3ccc(CO)cc3)nn2)cc1. The van der Waals surface area contributed by atoms with E-state index in [-0.39, 0.29) is 12.3 Å². The van der Waals surface area contributed by atoms with E-state index in [0.29, 0.717) is 5.69 Å². The molecule has 0 amide bonds. The number of aliphatic hydroxyl groups is 1. The summed E-state index contributed by atoms with van der Waals surface area (Å²) in [5, 5.41) is 27.8. The van der Waals surface area contributed by atoms with Crippen molar-refractivity contribution >= 4 is 5.69 Å². The molecule has 0 unspecified atom stereocenters. The van der Waals surface area contributed by atoms with Gasteiger partial charge in [-0.1, -0.05) is 17.3 Å². The van der Waals surface area contributed by atoms with Crippen LogP contribution >= 0.6 is 0 Å².